The molecule has 0 aliphatic rings. The fourth-order valence-electron chi connectivity index (χ4n) is 0.797. The van der Waals surface area contributed by atoms with Gasteiger partial charge in [-0.1, -0.05) is 0 Å². The van der Waals surface area contributed by atoms with Crippen molar-refractivity contribution in [1.29, 1.82) is 0 Å². The van der Waals surface area contributed by atoms with Crippen molar-refractivity contribution in [2.45, 2.75) is 6.54 Å². The third-order valence-corrected chi connectivity index (χ3v) is 1.33. The minimum absolute atomic E-state index is 0.0844. The van der Waals surface area contributed by atoms with Crippen LogP contribution in [0.15, 0.2) is 28.4 Å². The Hall–Kier alpha value is -1.98. The highest BCUT2D eigenvalue weighted by atomic mass is 15.1. The van der Waals surface area contributed by atoms with Crippen molar-refractivity contribution in [3.8, 4) is 0 Å². The normalized spacial score (nSPS) is 11.2. The molecule has 0 fully saturated rings. The number of H-pyrrole nitrogens is 1. The predicted octanol–water partition coefficient (Wildman–Crippen LogP) is -0.897. The molecule has 1 aromatic rings. The summed E-state index contributed by atoms with van der Waals surface area (Å²) in [4.78, 5) is 10.4. The van der Waals surface area contributed by atoms with E-state index >= 15 is 0 Å². The molecule has 1 rings (SSSR count). The molecule has 70 valence electrons. The molecule has 0 spiro atoms. The van der Waals surface area contributed by atoms with E-state index in [2.05, 4.69) is 15.0 Å². The molecule has 6 nitrogen and oxygen atoms in total. The minimum atomic E-state index is -0.0877. The number of hydrogen-bond acceptors (Lipinski definition) is 1. The third kappa shape index (κ3) is 3.28. The van der Waals surface area contributed by atoms with Crippen molar-refractivity contribution in [2.75, 3.05) is 0 Å². The van der Waals surface area contributed by atoms with Gasteiger partial charge < -0.3 is 22.2 Å². The van der Waals surface area contributed by atoms with Gasteiger partial charge in [0, 0.05) is 12.4 Å². The van der Waals surface area contributed by atoms with Crippen LogP contribution >= 0.6 is 0 Å². The summed E-state index contributed by atoms with van der Waals surface area (Å²) in [5, 5.41) is 0. The Morgan fingerprint density at radius 1 is 1.38 bits per heavy atom. The molecule has 13 heavy (non-hydrogen) atoms. The van der Waals surface area contributed by atoms with Gasteiger partial charge in [0.25, 0.3) is 0 Å². The fourth-order valence-corrected chi connectivity index (χ4v) is 0.797. The zero-order valence-electron chi connectivity index (χ0n) is 7.07. The molecule has 1 aromatic heterocycles. The number of hydrogen-bond donors (Lipinski definition) is 4. The van der Waals surface area contributed by atoms with Crippen molar-refractivity contribution < 1.29 is 0 Å². The SMILES string of the molecule is NC(N)=NC(N)=NCc1cc[nH]c1. The molecule has 1 heterocycles. The first-order valence-electron chi connectivity index (χ1n) is 3.69. The largest absolute Gasteiger partial charge is 0.370 e. The maximum Gasteiger partial charge on any atom is 0.218 e. The van der Waals surface area contributed by atoms with Crippen LogP contribution in [0, 0.1) is 0 Å². The van der Waals surface area contributed by atoms with E-state index in [-0.39, 0.29) is 11.9 Å². The van der Waals surface area contributed by atoms with Gasteiger partial charge in [-0.15, -0.1) is 0 Å². The highest BCUT2D eigenvalue weighted by molar-refractivity contribution is 5.92. The van der Waals surface area contributed by atoms with Gasteiger partial charge in [0.2, 0.25) is 5.96 Å². The molecule has 0 radical (unpaired) electrons. The summed E-state index contributed by atoms with van der Waals surface area (Å²) in [6.07, 6.45) is 3.63. The Bertz CT molecular complexity index is 306. The van der Waals surface area contributed by atoms with Crippen LogP contribution in [-0.2, 0) is 6.54 Å². The van der Waals surface area contributed by atoms with Gasteiger partial charge >= 0.3 is 0 Å². The molecule has 0 bridgehead atoms. The van der Waals surface area contributed by atoms with E-state index in [1.807, 2.05) is 18.5 Å². The number of nitrogens with two attached hydrogens (primary N) is 3. The van der Waals surface area contributed by atoms with Gasteiger partial charge in [0.15, 0.2) is 5.96 Å². The van der Waals surface area contributed by atoms with Crippen molar-refractivity contribution in [3.05, 3.63) is 24.0 Å². The van der Waals surface area contributed by atoms with Crippen LogP contribution in [0.3, 0.4) is 0 Å². The zero-order chi connectivity index (χ0) is 9.68. The Morgan fingerprint density at radius 3 is 2.69 bits per heavy atom. The summed E-state index contributed by atoms with van der Waals surface area (Å²) in [5.41, 5.74) is 16.6. The molecule has 0 aliphatic heterocycles. The average Bonchev–Trinajstić information content (AvgIpc) is 2.51. The molecule has 0 saturated carbocycles. The van der Waals surface area contributed by atoms with Crippen molar-refractivity contribution in [3.63, 3.8) is 0 Å². The Morgan fingerprint density at radius 2 is 2.15 bits per heavy atom. The molecule has 0 saturated heterocycles. The first-order valence-corrected chi connectivity index (χ1v) is 3.69. The van der Waals surface area contributed by atoms with Gasteiger partial charge in [-0.25, -0.2) is 4.99 Å². The summed E-state index contributed by atoms with van der Waals surface area (Å²) < 4.78 is 0. The number of aliphatic imine (C=N–C) groups is 2. The fraction of sp³-hybridized carbons (Fsp3) is 0.143. The van der Waals surface area contributed by atoms with Gasteiger partial charge in [-0.3, -0.25) is 0 Å². The predicted molar refractivity (Wildman–Crippen MR) is 51.9 cm³/mol. The lowest BCUT2D eigenvalue weighted by atomic mass is 10.3. The molecule has 0 amide bonds. The number of nitrogens with one attached hydrogen (secondary N) is 1. The quantitative estimate of drug-likeness (QED) is 0.349. The lowest BCUT2D eigenvalue weighted by Crippen LogP contribution is -2.26. The maximum atomic E-state index is 5.38. The van der Waals surface area contributed by atoms with E-state index in [0.717, 1.165) is 5.56 Å². The van der Waals surface area contributed by atoms with Gasteiger partial charge in [-0.2, -0.15) is 4.99 Å². The standard InChI is InChI=1S/C7H12N6/c8-6(9)13-7(10)12-4-5-1-2-11-3-5/h1-3,11H,4H2,(H6,8,9,10,12,13). The number of rotatable bonds is 2. The van der Waals surface area contributed by atoms with Crippen LogP contribution in [0.5, 0.6) is 0 Å². The molecule has 0 aromatic carbocycles. The number of aromatic amines is 1. The van der Waals surface area contributed by atoms with Crippen LogP contribution in [0.1, 0.15) is 5.56 Å². The maximum absolute atomic E-state index is 5.38. The second-order valence-corrected chi connectivity index (χ2v) is 2.43. The van der Waals surface area contributed by atoms with E-state index in [1.54, 1.807) is 0 Å². The Balaban J connectivity index is 2.53. The average molecular weight is 180 g/mol. The van der Waals surface area contributed by atoms with Crippen LogP contribution in [0.4, 0.5) is 0 Å². The molecular weight excluding hydrogens is 168 g/mol. The third-order valence-electron chi connectivity index (χ3n) is 1.33. The van der Waals surface area contributed by atoms with E-state index < -0.39 is 0 Å². The smallest absolute Gasteiger partial charge is 0.218 e. The van der Waals surface area contributed by atoms with Crippen molar-refractivity contribution in [2.24, 2.45) is 27.2 Å². The number of guanidine groups is 2. The molecule has 7 N–H and O–H groups in total. The summed E-state index contributed by atoms with van der Waals surface area (Å²) in [6, 6.07) is 1.90. The van der Waals surface area contributed by atoms with E-state index in [0.29, 0.717) is 6.54 Å². The van der Waals surface area contributed by atoms with Gasteiger partial charge in [-0.05, 0) is 11.6 Å². The van der Waals surface area contributed by atoms with Gasteiger partial charge in [0.1, 0.15) is 0 Å². The number of nitrogens with zero attached hydrogens (tertiary/aromatic N) is 2. The highest BCUT2D eigenvalue weighted by Gasteiger charge is 1.91. The first-order chi connectivity index (χ1) is 6.18. The van der Waals surface area contributed by atoms with Crippen LogP contribution in [0.25, 0.3) is 0 Å². The lowest BCUT2D eigenvalue weighted by Gasteiger charge is -1.93. The Kier molecular flexibility index (Phi) is 2.91. The van der Waals surface area contributed by atoms with Crippen molar-refractivity contribution >= 4 is 11.9 Å². The summed E-state index contributed by atoms with van der Waals surface area (Å²) in [5.74, 6) is -0.00322. The highest BCUT2D eigenvalue weighted by Crippen LogP contribution is 1.97. The second-order valence-electron chi connectivity index (χ2n) is 2.43. The zero-order valence-corrected chi connectivity index (χ0v) is 7.07. The summed E-state index contributed by atoms with van der Waals surface area (Å²) in [6.45, 7) is 0.464. The summed E-state index contributed by atoms with van der Waals surface area (Å²) >= 11 is 0. The van der Waals surface area contributed by atoms with E-state index in [1.165, 1.54) is 0 Å². The first kappa shape index (κ1) is 9.11. The Labute approximate surface area is 75.5 Å². The van der Waals surface area contributed by atoms with Crippen LogP contribution < -0.4 is 17.2 Å². The number of aromatic nitrogens is 1. The summed E-state index contributed by atoms with van der Waals surface area (Å²) in [7, 11) is 0. The van der Waals surface area contributed by atoms with Gasteiger partial charge in [0.05, 0.1) is 6.54 Å². The topological polar surface area (TPSA) is 119 Å². The van der Waals surface area contributed by atoms with E-state index in [4.69, 9.17) is 17.2 Å². The monoisotopic (exact) mass is 180 g/mol. The second kappa shape index (κ2) is 4.15. The minimum Gasteiger partial charge on any atom is -0.370 e. The molecule has 0 unspecified atom stereocenters. The molecule has 6 heteroatoms. The van der Waals surface area contributed by atoms with Crippen LogP contribution in [0.2, 0.25) is 0 Å². The molecular formula is C7H12N6. The lowest BCUT2D eigenvalue weighted by molar-refractivity contribution is 1.06. The van der Waals surface area contributed by atoms with Crippen LogP contribution in [-0.4, -0.2) is 16.9 Å². The molecule has 0 atom stereocenters. The van der Waals surface area contributed by atoms with Crippen molar-refractivity contribution in [1.82, 2.24) is 4.98 Å². The van der Waals surface area contributed by atoms with E-state index in [9.17, 15) is 0 Å². The molecule has 0 aliphatic carbocycles.